The smallest absolute Gasteiger partial charge is 0.249 e. The van der Waals surface area contributed by atoms with Crippen LogP contribution in [-0.2, 0) is 19.2 Å². The fourth-order valence-electron chi connectivity index (χ4n) is 1.81. The highest BCUT2D eigenvalue weighted by Crippen LogP contribution is 2.12. The number of hydrogen-bond acceptors (Lipinski definition) is 5. The van der Waals surface area contributed by atoms with E-state index in [0.717, 1.165) is 0 Å². The fourth-order valence-corrected chi connectivity index (χ4v) is 2.47. The second-order valence-corrected chi connectivity index (χ2v) is 5.23. The van der Waals surface area contributed by atoms with Gasteiger partial charge in [-0.2, -0.15) is 11.8 Å². The Morgan fingerprint density at radius 1 is 1.47 bits per heavy atom. The zero-order chi connectivity index (χ0) is 14.4. The van der Waals surface area contributed by atoms with Crippen LogP contribution in [0.25, 0.3) is 0 Å². The first-order valence-electron chi connectivity index (χ1n) is 5.95. The standard InChI is InChI=1S/C11H17N3O4S/c1-2-7-11(18)13-9(16)5-14(7)10(17)3-4-19-6-8(12)15/h7H,2-6H2,1H3,(H2,12,15)(H,13,16,18). The molecule has 1 aliphatic heterocycles. The molecule has 106 valence electrons. The van der Waals surface area contributed by atoms with E-state index in [1.165, 1.54) is 16.7 Å². The van der Waals surface area contributed by atoms with E-state index in [-0.39, 0.29) is 24.6 Å². The molecule has 0 aromatic heterocycles. The van der Waals surface area contributed by atoms with Gasteiger partial charge in [-0.05, 0) is 6.42 Å². The molecule has 19 heavy (non-hydrogen) atoms. The SMILES string of the molecule is CCC1C(=O)NC(=O)CN1C(=O)CCSCC(N)=O. The van der Waals surface area contributed by atoms with Gasteiger partial charge in [-0.1, -0.05) is 6.92 Å². The minimum atomic E-state index is -0.591. The van der Waals surface area contributed by atoms with Gasteiger partial charge < -0.3 is 10.6 Å². The first kappa shape index (κ1) is 15.5. The molecule has 8 heteroatoms. The monoisotopic (exact) mass is 287 g/mol. The summed E-state index contributed by atoms with van der Waals surface area (Å²) in [5.74, 6) is -0.998. The van der Waals surface area contributed by atoms with Crippen molar-refractivity contribution in [2.45, 2.75) is 25.8 Å². The molecule has 1 rings (SSSR count). The van der Waals surface area contributed by atoms with Gasteiger partial charge in [-0.25, -0.2) is 0 Å². The minimum absolute atomic E-state index is 0.0937. The molecular formula is C11H17N3O4S. The molecule has 1 fully saturated rings. The van der Waals surface area contributed by atoms with Crippen molar-refractivity contribution in [3.63, 3.8) is 0 Å². The number of carbonyl (C=O) groups excluding carboxylic acids is 4. The van der Waals surface area contributed by atoms with Crippen LogP contribution in [0, 0.1) is 0 Å². The van der Waals surface area contributed by atoms with E-state index in [9.17, 15) is 19.2 Å². The van der Waals surface area contributed by atoms with E-state index in [1.54, 1.807) is 6.92 Å². The molecule has 0 saturated carbocycles. The lowest BCUT2D eigenvalue weighted by atomic mass is 10.1. The van der Waals surface area contributed by atoms with Gasteiger partial charge in [-0.15, -0.1) is 0 Å². The van der Waals surface area contributed by atoms with Crippen LogP contribution in [0.4, 0.5) is 0 Å². The summed E-state index contributed by atoms with van der Waals surface area (Å²) >= 11 is 1.26. The number of nitrogens with one attached hydrogen (secondary N) is 1. The van der Waals surface area contributed by atoms with Crippen molar-refractivity contribution < 1.29 is 19.2 Å². The van der Waals surface area contributed by atoms with Gasteiger partial charge in [0.15, 0.2) is 0 Å². The highest BCUT2D eigenvalue weighted by molar-refractivity contribution is 7.99. The van der Waals surface area contributed by atoms with E-state index in [4.69, 9.17) is 5.73 Å². The number of hydrogen-bond donors (Lipinski definition) is 2. The average molecular weight is 287 g/mol. The molecule has 4 amide bonds. The Hall–Kier alpha value is -1.57. The molecule has 3 N–H and O–H groups in total. The largest absolute Gasteiger partial charge is 0.369 e. The highest BCUT2D eigenvalue weighted by Gasteiger charge is 2.34. The molecular weight excluding hydrogens is 270 g/mol. The van der Waals surface area contributed by atoms with Crippen LogP contribution in [0.5, 0.6) is 0 Å². The van der Waals surface area contributed by atoms with Gasteiger partial charge in [-0.3, -0.25) is 24.5 Å². The van der Waals surface area contributed by atoms with Crippen molar-refractivity contribution in [3.8, 4) is 0 Å². The lowest BCUT2D eigenvalue weighted by molar-refractivity contribution is -0.149. The Morgan fingerprint density at radius 3 is 2.74 bits per heavy atom. The number of imide groups is 1. The molecule has 0 aromatic carbocycles. The van der Waals surface area contributed by atoms with Crippen LogP contribution in [-0.4, -0.2) is 52.6 Å². The molecule has 1 heterocycles. The van der Waals surface area contributed by atoms with E-state index < -0.39 is 23.8 Å². The van der Waals surface area contributed by atoms with Crippen molar-refractivity contribution in [1.82, 2.24) is 10.2 Å². The maximum Gasteiger partial charge on any atom is 0.249 e. The normalized spacial score (nSPS) is 19.2. The molecule has 0 aliphatic carbocycles. The predicted octanol–water partition coefficient (Wildman–Crippen LogP) is -1.14. The van der Waals surface area contributed by atoms with Crippen LogP contribution >= 0.6 is 11.8 Å². The molecule has 0 radical (unpaired) electrons. The van der Waals surface area contributed by atoms with Gasteiger partial charge in [0.2, 0.25) is 23.6 Å². The Balaban J connectivity index is 2.50. The van der Waals surface area contributed by atoms with E-state index in [2.05, 4.69) is 5.32 Å². The van der Waals surface area contributed by atoms with Crippen LogP contribution in [0.2, 0.25) is 0 Å². The molecule has 0 spiro atoms. The van der Waals surface area contributed by atoms with Gasteiger partial charge >= 0.3 is 0 Å². The molecule has 1 saturated heterocycles. The molecule has 1 atom stereocenters. The van der Waals surface area contributed by atoms with Crippen LogP contribution in [0.3, 0.4) is 0 Å². The maximum absolute atomic E-state index is 12.0. The number of thioether (sulfide) groups is 1. The summed E-state index contributed by atoms with van der Waals surface area (Å²) in [6.45, 7) is 1.69. The zero-order valence-corrected chi connectivity index (χ0v) is 11.5. The van der Waals surface area contributed by atoms with Crippen molar-refractivity contribution in [2.24, 2.45) is 5.73 Å². The molecule has 7 nitrogen and oxygen atoms in total. The summed E-state index contributed by atoms with van der Waals surface area (Å²) in [7, 11) is 0. The quantitative estimate of drug-likeness (QED) is 0.474. The van der Waals surface area contributed by atoms with Crippen LogP contribution < -0.4 is 11.1 Å². The zero-order valence-electron chi connectivity index (χ0n) is 10.7. The second kappa shape index (κ2) is 7.13. The highest BCUT2D eigenvalue weighted by atomic mass is 32.2. The lowest BCUT2D eigenvalue weighted by Gasteiger charge is -2.33. The lowest BCUT2D eigenvalue weighted by Crippen LogP contribution is -2.59. The molecule has 0 bridgehead atoms. The van der Waals surface area contributed by atoms with E-state index >= 15 is 0 Å². The molecule has 0 aromatic rings. The van der Waals surface area contributed by atoms with Gasteiger partial charge in [0, 0.05) is 12.2 Å². The third kappa shape index (κ3) is 4.55. The summed E-state index contributed by atoms with van der Waals surface area (Å²) in [4.78, 5) is 46.7. The number of carbonyl (C=O) groups is 4. The topological polar surface area (TPSA) is 110 Å². The third-order valence-electron chi connectivity index (χ3n) is 2.67. The van der Waals surface area contributed by atoms with Gasteiger partial charge in [0.05, 0.1) is 5.75 Å². The van der Waals surface area contributed by atoms with Crippen LogP contribution in [0.15, 0.2) is 0 Å². The Kier molecular flexibility index (Phi) is 5.81. The van der Waals surface area contributed by atoms with E-state index in [0.29, 0.717) is 12.2 Å². The summed E-state index contributed by atoms with van der Waals surface area (Å²) in [5, 5.41) is 2.21. The maximum atomic E-state index is 12.0. The summed E-state index contributed by atoms with van der Waals surface area (Å²) in [6.07, 6.45) is 0.633. The number of rotatable bonds is 6. The average Bonchev–Trinajstić information content (AvgIpc) is 2.33. The van der Waals surface area contributed by atoms with Crippen molar-refractivity contribution in [2.75, 3.05) is 18.1 Å². The van der Waals surface area contributed by atoms with Gasteiger partial charge in [0.1, 0.15) is 12.6 Å². The Bertz CT molecular complexity index is 399. The van der Waals surface area contributed by atoms with Crippen molar-refractivity contribution >= 4 is 35.4 Å². The number of primary amides is 1. The van der Waals surface area contributed by atoms with E-state index in [1.807, 2.05) is 0 Å². The summed E-state index contributed by atoms with van der Waals surface area (Å²) in [5.41, 5.74) is 4.98. The minimum Gasteiger partial charge on any atom is -0.369 e. The molecule has 1 unspecified atom stereocenters. The van der Waals surface area contributed by atoms with Crippen molar-refractivity contribution in [3.05, 3.63) is 0 Å². The fraction of sp³-hybridized carbons (Fsp3) is 0.636. The number of nitrogens with two attached hydrogens (primary N) is 1. The second-order valence-electron chi connectivity index (χ2n) is 4.13. The number of piperazine rings is 1. The van der Waals surface area contributed by atoms with Gasteiger partial charge in [0.25, 0.3) is 0 Å². The Morgan fingerprint density at radius 2 is 2.16 bits per heavy atom. The number of nitrogens with zero attached hydrogens (tertiary/aromatic N) is 1. The van der Waals surface area contributed by atoms with Crippen LogP contribution in [0.1, 0.15) is 19.8 Å². The first-order valence-corrected chi connectivity index (χ1v) is 7.10. The molecule has 1 aliphatic rings. The summed E-state index contributed by atoms with van der Waals surface area (Å²) < 4.78 is 0. The Labute approximate surface area is 115 Å². The predicted molar refractivity (Wildman–Crippen MR) is 70.1 cm³/mol. The summed E-state index contributed by atoms with van der Waals surface area (Å²) in [6, 6.07) is -0.591. The third-order valence-corrected chi connectivity index (χ3v) is 3.65. The first-order chi connectivity index (χ1) is 8.95. The number of amides is 4. The van der Waals surface area contributed by atoms with Crippen molar-refractivity contribution in [1.29, 1.82) is 0 Å².